The SMILES string of the molecule is COCC(N)C(=O)Nc1cccc(NC(=O)CCN2CCCCC2)c1. The second-order valence-corrected chi connectivity index (χ2v) is 6.33. The predicted octanol–water partition coefficient (Wildman–Crippen LogP) is 1.41. The molecule has 1 aliphatic rings. The van der Waals surface area contributed by atoms with Gasteiger partial charge in [0.1, 0.15) is 6.04 Å². The van der Waals surface area contributed by atoms with Crippen LogP contribution in [0.1, 0.15) is 25.7 Å². The minimum Gasteiger partial charge on any atom is -0.383 e. The Balaban J connectivity index is 1.81. The molecule has 2 rings (SSSR count). The molecule has 138 valence electrons. The zero-order chi connectivity index (χ0) is 18.1. The molecule has 1 aromatic carbocycles. The zero-order valence-electron chi connectivity index (χ0n) is 14.8. The number of carbonyl (C=O) groups is 2. The first-order chi connectivity index (χ1) is 12.1. The summed E-state index contributed by atoms with van der Waals surface area (Å²) in [7, 11) is 1.49. The molecule has 1 saturated heterocycles. The second kappa shape index (κ2) is 10.1. The molecule has 1 aliphatic heterocycles. The average molecular weight is 348 g/mol. The topological polar surface area (TPSA) is 96.7 Å². The van der Waals surface area contributed by atoms with Crippen molar-refractivity contribution in [2.45, 2.75) is 31.7 Å². The van der Waals surface area contributed by atoms with E-state index >= 15 is 0 Å². The lowest BCUT2D eigenvalue weighted by molar-refractivity contribution is -0.118. The van der Waals surface area contributed by atoms with E-state index in [4.69, 9.17) is 10.5 Å². The fourth-order valence-electron chi connectivity index (χ4n) is 2.83. The van der Waals surface area contributed by atoms with E-state index in [9.17, 15) is 9.59 Å². The zero-order valence-corrected chi connectivity index (χ0v) is 14.8. The molecule has 7 heteroatoms. The van der Waals surface area contributed by atoms with Crippen LogP contribution in [0.15, 0.2) is 24.3 Å². The summed E-state index contributed by atoms with van der Waals surface area (Å²) in [5.41, 5.74) is 6.94. The first-order valence-electron chi connectivity index (χ1n) is 8.76. The van der Waals surface area contributed by atoms with Gasteiger partial charge in [-0.25, -0.2) is 0 Å². The van der Waals surface area contributed by atoms with Crippen molar-refractivity contribution in [3.8, 4) is 0 Å². The van der Waals surface area contributed by atoms with Gasteiger partial charge in [0, 0.05) is 31.5 Å². The number of hydrogen-bond donors (Lipinski definition) is 3. The third kappa shape index (κ3) is 6.81. The number of piperidine rings is 1. The minimum absolute atomic E-state index is 0.0230. The number of ether oxygens (including phenoxy) is 1. The molecule has 4 N–H and O–H groups in total. The molecule has 0 aliphatic carbocycles. The number of nitrogens with one attached hydrogen (secondary N) is 2. The number of rotatable bonds is 8. The standard InChI is InChI=1S/C18H28N4O3/c1-25-13-16(19)18(24)21-15-7-5-6-14(12-15)20-17(23)8-11-22-9-3-2-4-10-22/h5-7,12,16H,2-4,8-11,13,19H2,1H3,(H,20,23)(H,21,24). The Labute approximate surface area is 148 Å². The molecule has 7 nitrogen and oxygen atoms in total. The van der Waals surface area contributed by atoms with Gasteiger partial charge in [-0.1, -0.05) is 12.5 Å². The number of likely N-dealkylation sites (tertiary alicyclic amines) is 1. The van der Waals surface area contributed by atoms with Crippen LogP contribution in [0, 0.1) is 0 Å². The lowest BCUT2D eigenvalue weighted by Crippen LogP contribution is -2.39. The Hall–Kier alpha value is -1.96. The van der Waals surface area contributed by atoms with E-state index in [1.165, 1.54) is 26.4 Å². The van der Waals surface area contributed by atoms with E-state index in [0.717, 1.165) is 19.6 Å². The van der Waals surface area contributed by atoms with Crippen LogP contribution in [-0.4, -0.2) is 56.1 Å². The molecule has 0 saturated carbocycles. The van der Waals surface area contributed by atoms with Crippen molar-refractivity contribution in [1.82, 2.24) is 4.90 Å². The summed E-state index contributed by atoms with van der Waals surface area (Å²) in [5, 5.41) is 5.60. The molecule has 1 heterocycles. The molecule has 0 bridgehead atoms. The van der Waals surface area contributed by atoms with Crippen molar-refractivity contribution in [2.75, 3.05) is 44.0 Å². The maximum Gasteiger partial charge on any atom is 0.243 e. The van der Waals surface area contributed by atoms with Crippen LogP contribution in [0.2, 0.25) is 0 Å². The lowest BCUT2D eigenvalue weighted by Gasteiger charge is -2.25. The maximum atomic E-state index is 12.1. The summed E-state index contributed by atoms with van der Waals surface area (Å²) >= 11 is 0. The van der Waals surface area contributed by atoms with Gasteiger partial charge in [-0.3, -0.25) is 9.59 Å². The Morgan fingerprint density at radius 2 is 1.88 bits per heavy atom. The number of anilines is 2. The van der Waals surface area contributed by atoms with Crippen molar-refractivity contribution in [1.29, 1.82) is 0 Å². The molecule has 1 unspecified atom stereocenters. The largest absolute Gasteiger partial charge is 0.383 e. The summed E-state index contributed by atoms with van der Waals surface area (Å²) in [6.07, 6.45) is 4.19. The highest BCUT2D eigenvalue weighted by Crippen LogP contribution is 2.16. The minimum atomic E-state index is -0.729. The molecule has 0 spiro atoms. The number of carbonyl (C=O) groups excluding carboxylic acids is 2. The van der Waals surface area contributed by atoms with Crippen molar-refractivity contribution < 1.29 is 14.3 Å². The van der Waals surface area contributed by atoms with Gasteiger partial charge in [0.2, 0.25) is 11.8 Å². The van der Waals surface area contributed by atoms with Crippen LogP contribution in [-0.2, 0) is 14.3 Å². The van der Waals surface area contributed by atoms with Crippen LogP contribution in [0.5, 0.6) is 0 Å². The number of amides is 2. The Bertz CT molecular complexity index is 573. The molecule has 0 aromatic heterocycles. The third-order valence-electron chi connectivity index (χ3n) is 4.20. The molecule has 25 heavy (non-hydrogen) atoms. The van der Waals surface area contributed by atoms with Gasteiger partial charge in [0.15, 0.2) is 0 Å². The molecule has 1 aromatic rings. The number of methoxy groups -OCH3 is 1. The summed E-state index contributed by atoms with van der Waals surface area (Å²) in [6, 6.07) is 6.31. The summed E-state index contributed by atoms with van der Waals surface area (Å²) in [4.78, 5) is 26.4. The quantitative estimate of drug-likeness (QED) is 0.660. The second-order valence-electron chi connectivity index (χ2n) is 6.33. The van der Waals surface area contributed by atoms with Crippen LogP contribution in [0.4, 0.5) is 11.4 Å². The van der Waals surface area contributed by atoms with E-state index < -0.39 is 6.04 Å². The van der Waals surface area contributed by atoms with Crippen LogP contribution in [0.25, 0.3) is 0 Å². The first kappa shape index (κ1) is 19.4. The van der Waals surface area contributed by atoms with E-state index in [1.807, 2.05) is 0 Å². The first-order valence-corrected chi connectivity index (χ1v) is 8.76. The fourth-order valence-corrected chi connectivity index (χ4v) is 2.83. The highest BCUT2D eigenvalue weighted by atomic mass is 16.5. The van der Waals surface area contributed by atoms with Crippen molar-refractivity contribution in [3.05, 3.63) is 24.3 Å². The summed E-state index contributed by atoms with van der Waals surface area (Å²) in [6.45, 7) is 3.10. The van der Waals surface area contributed by atoms with Crippen molar-refractivity contribution in [3.63, 3.8) is 0 Å². The maximum absolute atomic E-state index is 12.1. The van der Waals surface area contributed by atoms with Gasteiger partial charge in [-0.05, 0) is 44.1 Å². The number of benzene rings is 1. The van der Waals surface area contributed by atoms with Crippen LogP contribution >= 0.6 is 0 Å². The Morgan fingerprint density at radius 1 is 1.20 bits per heavy atom. The van der Waals surface area contributed by atoms with Gasteiger partial charge >= 0.3 is 0 Å². The molecular weight excluding hydrogens is 320 g/mol. The number of hydrogen-bond acceptors (Lipinski definition) is 5. The van der Waals surface area contributed by atoms with Gasteiger partial charge in [0.25, 0.3) is 0 Å². The van der Waals surface area contributed by atoms with Crippen molar-refractivity contribution >= 4 is 23.2 Å². The molecular formula is C18H28N4O3. The fraction of sp³-hybridized carbons (Fsp3) is 0.556. The van der Waals surface area contributed by atoms with Gasteiger partial charge in [-0.15, -0.1) is 0 Å². The van der Waals surface area contributed by atoms with E-state index in [0.29, 0.717) is 17.8 Å². The van der Waals surface area contributed by atoms with Crippen molar-refractivity contribution in [2.24, 2.45) is 5.73 Å². The van der Waals surface area contributed by atoms with Gasteiger partial charge in [0.05, 0.1) is 6.61 Å². The predicted molar refractivity (Wildman–Crippen MR) is 98.5 cm³/mol. The molecule has 1 atom stereocenters. The number of nitrogens with two attached hydrogens (primary N) is 1. The van der Waals surface area contributed by atoms with E-state index in [1.54, 1.807) is 24.3 Å². The van der Waals surface area contributed by atoms with E-state index in [2.05, 4.69) is 15.5 Å². The third-order valence-corrected chi connectivity index (χ3v) is 4.20. The van der Waals surface area contributed by atoms with Crippen LogP contribution in [0.3, 0.4) is 0 Å². The highest BCUT2D eigenvalue weighted by molar-refractivity contribution is 5.96. The van der Waals surface area contributed by atoms with E-state index in [-0.39, 0.29) is 18.4 Å². The normalized spacial score (nSPS) is 16.2. The monoisotopic (exact) mass is 348 g/mol. The molecule has 1 fully saturated rings. The lowest BCUT2D eigenvalue weighted by atomic mass is 10.1. The number of nitrogens with zero attached hydrogens (tertiary/aromatic N) is 1. The smallest absolute Gasteiger partial charge is 0.243 e. The molecule has 0 radical (unpaired) electrons. The molecule has 2 amide bonds. The average Bonchev–Trinajstić information content (AvgIpc) is 2.61. The van der Waals surface area contributed by atoms with Gasteiger partial charge in [-0.2, -0.15) is 0 Å². The summed E-state index contributed by atoms with van der Waals surface area (Å²) in [5.74, 6) is -0.347. The van der Waals surface area contributed by atoms with Gasteiger partial charge < -0.3 is 26.0 Å². The highest BCUT2D eigenvalue weighted by Gasteiger charge is 2.14. The van der Waals surface area contributed by atoms with Crippen LogP contribution < -0.4 is 16.4 Å². The Morgan fingerprint density at radius 3 is 2.56 bits per heavy atom. The Kier molecular flexibility index (Phi) is 7.84. The summed E-state index contributed by atoms with van der Waals surface area (Å²) < 4.78 is 4.87.